The third-order valence-corrected chi connectivity index (χ3v) is 6.93. The van der Waals surface area contributed by atoms with Gasteiger partial charge in [-0.15, -0.1) is 11.6 Å². The van der Waals surface area contributed by atoms with E-state index in [0.717, 1.165) is 0 Å². The minimum absolute atomic E-state index is 0.203. The predicted octanol–water partition coefficient (Wildman–Crippen LogP) is 4.52. The molecule has 1 atom stereocenters. The van der Waals surface area contributed by atoms with Crippen molar-refractivity contribution < 1.29 is 14.2 Å². The lowest BCUT2D eigenvalue weighted by atomic mass is 9.16. The van der Waals surface area contributed by atoms with E-state index < -0.39 is 11.8 Å². The average molecular weight is 320 g/mol. The maximum Gasteiger partial charge on any atom is 0.300 e. The molecule has 4 nitrogen and oxygen atoms in total. The molecule has 1 aliphatic heterocycles. The molecule has 0 aromatic heterocycles. The standard InChI is InChI=1S/C18H31BNO3/c1-14-20-18(2,17(21)22-3)19(23-14,15-10-6-4-7-11-15)16-12-8-5-9-13-16/h15-16H,4-13H2,1-3H3/q-1/t18-/m1/s1. The van der Waals surface area contributed by atoms with Gasteiger partial charge in [-0.25, -0.2) is 0 Å². The van der Waals surface area contributed by atoms with Crippen molar-refractivity contribution in [3.8, 4) is 0 Å². The number of methoxy groups -OCH3 is 1. The van der Waals surface area contributed by atoms with E-state index in [1.165, 1.54) is 71.3 Å². The molecule has 2 saturated carbocycles. The molecule has 0 aromatic rings. The van der Waals surface area contributed by atoms with Gasteiger partial charge >= 0.3 is 0 Å². The van der Waals surface area contributed by atoms with Crippen LogP contribution in [-0.2, 0) is 14.2 Å². The van der Waals surface area contributed by atoms with E-state index in [4.69, 9.17) is 14.4 Å². The Hall–Kier alpha value is -0.995. The fourth-order valence-corrected chi connectivity index (χ4v) is 6.04. The Balaban J connectivity index is 2.04. The highest BCUT2D eigenvalue weighted by Crippen LogP contribution is 2.56. The molecule has 0 unspecified atom stereocenters. The number of hydrogen-bond donors (Lipinski definition) is 0. The van der Waals surface area contributed by atoms with E-state index >= 15 is 0 Å². The maximum atomic E-state index is 12.8. The minimum atomic E-state index is -1.36. The molecule has 0 amide bonds. The number of hydrogen-bond acceptors (Lipinski definition) is 4. The molecular formula is C18H31BNO3-. The molecular weight excluding hydrogens is 289 g/mol. The normalized spacial score (nSPS) is 32.2. The van der Waals surface area contributed by atoms with Crippen LogP contribution >= 0.6 is 0 Å². The zero-order valence-electron chi connectivity index (χ0n) is 15.0. The predicted molar refractivity (Wildman–Crippen MR) is 94.0 cm³/mol. The van der Waals surface area contributed by atoms with Gasteiger partial charge in [-0.05, 0) is 0 Å². The number of ether oxygens (including phenoxy) is 1. The first-order valence-electron chi connectivity index (χ1n) is 9.54. The summed E-state index contributed by atoms with van der Waals surface area (Å²) in [5, 5.41) is 0. The first kappa shape index (κ1) is 16.8. The van der Waals surface area contributed by atoms with Gasteiger partial charge in [-0.3, -0.25) is 9.79 Å². The van der Waals surface area contributed by atoms with Crippen LogP contribution in [0.4, 0.5) is 0 Å². The molecule has 2 aliphatic carbocycles. The number of nitrogens with zero attached hydrogens (tertiary/aromatic N) is 1. The van der Waals surface area contributed by atoms with Crippen molar-refractivity contribution >= 4 is 18.2 Å². The molecule has 3 rings (SSSR count). The molecule has 1 heterocycles. The van der Waals surface area contributed by atoms with Crippen LogP contribution in [0.15, 0.2) is 4.99 Å². The topological polar surface area (TPSA) is 47.9 Å². The summed E-state index contributed by atoms with van der Waals surface area (Å²) in [5.74, 6) is 1.42. The summed E-state index contributed by atoms with van der Waals surface area (Å²) >= 11 is 0. The summed E-state index contributed by atoms with van der Waals surface area (Å²) in [5.41, 5.74) is -0.831. The first-order chi connectivity index (χ1) is 11.0. The Morgan fingerprint density at radius 3 is 2.00 bits per heavy atom. The van der Waals surface area contributed by atoms with Crippen LogP contribution in [0.2, 0.25) is 11.6 Å². The molecule has 23 heavy (non-hydrogen) atoms. The van der Waals surface area contributed by atoms with Crippen LogP contribution in [0.25, 0.3) is 0 Å². The summed E-state index contributed by atoms with van der Waals surface area (Å²) < 4.78 is 11.8. The Bertz CT molecular complexity index is 463. The van der Waals surface area contributed by atoms with Gasteiger partial charge in [0.2, 0.25) is 6.35 Å². The molecule has 0 bridgehead atoms. The fourth-order valence-electron chi connectivity index (χ4n) is 6.04. The molecule has 0 N–H and O–H groups in total. The van der Waals surface area contributed by atoms with E-state index in [-0.39, 0.29) is 5.97 Å². The zero-order valence-corrected chi connectivity index (χ0v) is 15.0. The van der Waals surface area contributed by atoms with Gasteiger partial charge in [-0.1, -0.05) is 71.1 Å². The minimum Gasteiger partial charge on any atom is -0.700 e. The lowest BCUT2D eigenvalue weighted by Gasteiger charge is -2.57. The largest absolute Gasteiger partial charge is 0.700 e. The van der Waals surface area contributed by atoms with Gasteiger partial charge in [0.25, 0.3) is 5.97 Å². The van der Waals surface area contributed by atoms with Gasteiger partial charge < -0.3 is 9.39 Å². The number of rotatable bonds is 3. The summed E-state index contributed by atoms with van der Waals surface area (Å²) in [7, 11) is 1.49. The van der Waals surface area contributed by atoms with E-state index in [0.29, 0.717) is 17.5 Å². The highest BCUT2D eigenvalue weighted by molar-refractivity contribution is 6.85. The van der Waals surface area contributed by atoms with Gasteiger partial charge in [0.1, 0.15) is 5.90 Å². The summed E-state index contributed by atoms with van der Waals surface area (Å²) in [4.78, 5) is 17.5. The highest BCUT2D eigenvalue weighted by Gasteiger charge is 2.61. The quantitative estimate of drug-likeness (QED) is 0.567. The molecule has 0 radical (unpaired) electrons. The van der Waals surface area contributed by atoms with Crippen LogP contribution in [0.3, 0.4) is 0 Å². The molecule has 3 aliphatic rings. The molecule has 0 spiro atoms. The van der Waals surface area contributed by atoms with E-state index in [9.17, 15) is 4.79 Å². The second-order valence-corrected chi connectivity index (χ2v) is 8.10. The van der Waals surface area contributed by atoms with Gasteiger partial charge in [0.05, 0.1) is 12.5 Å². The van der Waals surface area contributed by atoms with Crippen LogP contribution in [-0.4, -0.2) is 30.8 Å². The smallest absolute Gasteiger partial charge is 0.300 e. The van der Waals surface area contributed by atoms with Gasteiger partial charge in [-0.2, -0.15) is 0 Å². The maximum absolute atomic E-state index is 12.8. The highest BCUT2D eigenvalue weighted by atomic mass is 16.5. The van der Waals surface area contributed by atoms with Crippen molar-refractivity contribution in [3.63, 3.8) is 0 Å². The van der Waals surface area contributed by atoms with Gasteiger partial charge in [0, 0.05) is 6.92 Å². The molecule has 130 valence electrons. The molecule has 0 aromatic carbocycles. The van der Waals surface area contributed by atoms with Crippen molar-refractivity contribution in [2.45, 2.75) is 95.1 Å². The lowest BCUT2D eigenvalue weighted by Crippen LogP contribution is -2.65. The Kier molecular flexibility index (Phi) is 4.75. The van der Waals surface area contributed by atoms with Crippen molar-refractivity contribution in [1.82, 2.24) is 0 Å². The summed E-state index contributed by atoms with van der Waals surface area (Å²) in [6.45, 7) is 3.90. The van der Waals surface area contributed by atoms with Crippen LogP contribution in [0.1, 0.15) is 78.1 Å². The third kappa shape index (κ3) is 2.60. The van der Waals surface area contributed by atoms with Crippen LogP contribution in [0, 0.1) is 0 Å². The van der Waals surface area contributed by atoms with Crippen LogP contribution in [0.5, 0.6) is 0 Å². The van der Waals surface area contributed by atoms with Crippen LogP contribution < -0.4 is 0 Å². The number of carbonyl (C=O) groups is 1. The molecule has 5 heteroatoms. The number of esters is 1. The van der Waals surface area contributed by atoms with Crippen molar-refractivity contribution in [1.29, 1.82) is 0 Å². The monoisotopic (exact) mass is 320 g/mol. The van der Waals surface area contributed by atoms with Crippen molar-refractivity contribution in [2.24, 2.45) is 4.99 Å². The molecule has 0 saturated heterocycles. The first-order valence-corrected chi connectivity index (χ1v) is 9.54. The third-order valence-electron chi connectivity index (χ3n) is 6.93. The van der Waals surface area contributed by atoms with E-state index in [1.54, 1.807) is 0 Å². The van der Waals surface area contributed by atoms with Crippen molar-refractivity contribution in [2.75, 3.05) is 7.11 Å². The number of aliphatic imine (C=N–C) groups is 1. The van der Waals surface area contributed by atoms with Crippen molar-refractivity contribution in [3.05, 3.63) is 0 Å². The van der Waals surface area contributed by atoms with E-state index in [2.05, 4.69) is 0 Å². The SMILES string of the molecule is COC(=O)[C@@]1(C)N=C(C)O[B-]1(C1CCCCC1)C1CCCCC1. The summed E-state index contributed by atoms with van der Waals surface area (Å²) in [6.07, 6.45) is 11.0. The molecule has 2 fully saturated rings. The number of carbonyl (C=O) groups excluding carboxylic acids is 1. The average Bonchev–Trinajstić information content (AvgIpc) is 2.88. The Labute approximate surface area is 140 Å². The zero-order chi connectivity index (χ0) is 16.5. The Morgan fingerprint density at radius 1 is 1.09 bits per heavy atom. The Morgan fingerprint density at radius 2 is 1.57 bits per heavy atom. The second kappa shape index (κ2) is 6.48. The lowest BCUT2D eigenvalue weighted by molar-refractivity contribution is -0.143. The van der Waals surface area contributed by atoms with E-state index in [1.807, 2.05) is 13.8 Å². The fraction of sp³-hybridized carbons (Fsp3) is 0.889. The second-order valence-electron chi connectivity index (χ2n) is 8.10. The summed E-state index contributed by atoms with van der Waals surface area (Å²) in [6, 6.07) is 0. The van der Waals surface area contributed by atoms with Gasteiger partial charge in [0.15, 0.2) is 0 Å².